The molecule has 0 aromatic rings. The maximum absolute atomic E-state index is 11.8. The highest BCUT2D eigenvalue weighted by Crippen LogP contribution is 2.31. The van der Waals surface area contributed by atoms with Crippen LogP contribution < -0.4 is 10.2 Å². The van der Waals surface area contributed by atoms with Crippen molar-refractivity contribution >= 4 is 11.9 Å². The van der Waals surface area contributed by atoms with Crippen LogP contribution in [0.5, 0.6) is 0 Å². The molecule has 4 nitrogen and oxygen atoms in total. The number of carboxylic acid groups (broad SMARTS) is 2. The van der Waals surface area contributed by atoms with Crippen LogP contribution in [0.2, 0.25) is 0 Å². The third kappa shape index (κ3) is 2.92. The molecule has 0 aliphatic rings. The summed E-state index contributed by atoms with van der Waals surface area (Å²) in [5.74, 6) is -9.79. The molecule has 0 spiro atoms. The molecule has 0 bridgehead atoms. The van der Waals surface area contributed by atoms with Crippen molar-refractivity contribution in [2.24, 2.45) is 11.8 Å². The van der Waals surface area contributed by atoms with Gasteiger partial charge in [0, 0.05) is 5.92 Å². The molecule has 0 heterocycles. The number of hydrogen-bond acceptors (Lipinski definition) is 4. The molecular weight excluding hydrogens is 193 g/mol. The summed E-state index contributed by atoms with van der Waals surface area (Å²) in [5, 5.41) is 20.0. The number of aliphatic carboxylic acids is 2. The summed E-state index contributed by atoms with van der Waals surface area (Å²) in [4.78, 5) is 20.0. The first kappa shape index (κ1) is 11.7. The third-order valence-electron chi connectivity index (χ3n) is 1.52. The van der Waals surface area contributed by atoms with Crippen molar-refractivity contribution < 1.29 is 33.0 Å². The Hall–Kier alpha value is -1.27. The Balaban J connectivity index is 4.77. The fourth-order valence-corrected chi connectivity index (χ4v) is 0.693. The first-order valence-electron chi connectivity index (χ1n) is 3.16. The lowest BCUT2D eigenvalue weighted by atomic mass is 9.94. The lowest BCUT2D eigenvalue weighted by Crippen LogP contribution is -2.49. The van der Waals surface area contributed by atoms with Gasteiger partial charge in [-0.05, 0) is 0 Å². The average Bonchev–Trinajstić information content (AvgIpc) is 1.82. The molecule has 0 rings (SSSR count). The van der Waals surface area contributed by atoms with E-state index in [-0.39, 0.29) is 0 Å². The topological polar surface area (TPSA) is 80.3 Å². The normalized spacial score (nSPS) is 14.2. The molecule has 0 saturated heterocycles. The fraction of sp³-hybridized carbons (Fsp3) is 0.667. The molecule has 0 N–H and O–H groups in total. The van der Waals surface area contributed by atoms with E-state index in [0.29, 0.717) is 6.92 Å². The summed E-state index contributed by atoms with van der Waals surface area (Å²) in [6.45, 7) is 0.441. The van der Waals surface area contributed by atoms with Gasteiger partial charge in [0.05, 0.1) is 17.9 Å². The predicted octanol–water partition coefficient (Wildman–Crippen LogP) is -1.70. The number of halogens is 3. The van der Waals surface area contributed by atoms with E-state index in [2.05, 4.69) is 0 Å². The van der Waals surface area contributed by atoms with Crippen LogP contribution in [-0.2, 0) is 9.59 Å². The zero-order valence-electron chi connectivity index (χ0n) is 6.42. The minimum atomic E-state index is -4.90. The number of carboxylic acids is 2. The van der Waals surface area contributed by atoms with E-state index in [0.717, 1.165) is 0 Å². The van der Waals surface area contributed by atoms with Crippen molar-refractivity contribution in [1.29, 1.82) is 0 Å². The summed E-state index contributed by atoms with van der Waals surface area (Å²) in [7, 11) is 0. The van der Waals surface area contributed by atoms with Crippen LogP contribution in [-0.4, -0.2) is 18.1 Å². The Morgan fingerprint density at radius 1 is 1.15 bits per heavy atom. The largest absolute Gasteiger partial charge is 0.549 e. The highest BCUT2D eigenvalue weighted by atomic mass is 19.4. The second-order valence-corrected chi connectivity index (χ2v) is 2.45. The fourth-order valence-electron chi connectivity index (χ4n) is 0.693. The number of hydrogen-bond donors (Lipinski definition) is 0. The standard InChI is InChI=1S/C6H7F3O4/c1-2(6(7,8)9)3(4(10)11)5(12)13/h2-3H,1H3,(H,10,11)(H,12,13)/p-2. The van der Waals surface area contributed by atoms with E-state index < -0.39 is 30.0 Å². The van der Waals surface area contributed by atoms with Crippen LogP contribution in [0, 0.1) is 11.8 Å². The van der Waals surface area contributed by atoms with E-state index >= 15 is 0 Å². The molecule has 13 heavy (non-hydrogen) atoms. The molecule has 1 atom stereocenters. The molecule has 0 amide bonds. The van der Waals surface area contributed by atoms with Gasteiger partial charge in [-0.25, -0.2) is 0 Å². The average molecular weight is 198 g/mol. The molecule has 7 heteroatoms. The number of carbonyl (C=O) groups is 2. The molecular formula is C6H5F3O4-2. The predicted molar refractivity (Wildman–Crippen MR) is 28.7 cm³/mol. The molecule has 0 aliphatic heterocycles. The molecule has 0 fully saturated rings. The molecule has 0 aliphatic carbocycles. The zero-order chi connectivity index (χ0) is 10.8. The lowest BCUT2D eigenvalue weighted by Gasteiger charge is -2.27. The van der Waals surface area contributed by atoms with Crippen molar-refractivity contribution in [3.8, 4) is 0 Å². The van der Waals surface area contributed by atoms with E-state index in [4.69, 9.17) is 0 Å². The van der Waals surface area contributed by atoms with Gasteiger partial charge < -0.3 is 19.8 Å². The van der Waals surface area contributed by atoms with Gasteiger partial charge in [0.15, 0.2) is 0 Å². The van der Waals surface area contributed by atoms with Crippen LogP contribution in [0.15, 0.2) is 0 Å². The quantitative estimate of drug-likeness (QED) is 0.506. The molecule has 0 aromatic heterocycles. The SMILES string of the molecule is CC(C(C(=O)[O-])C(=O)[O-])C(F)(F)F. The van der Waals surface area contributed by atoms with Gasteiger partial charge in [-0.1, -0.05) is 6.92 Å². The van der Waals surface area contributed by atoms with E-state index in [9.17, 15) is 33.0 Å². The molecule has 1 unspecified atom stereocenters. The highest BCUT2D eigenvalue weighted by Gasteiger charge is 2.42. The van der Waals surface area contributed by atoms with E-state index in [1.807, 2.05) is 0 Å². The van der Waals surface area contributed by atoms with Crippen molar-refractivity contribution in [2.75, 3.05) is 0 Å². The van der Waals surface area contributed by atoms with Crippen molar-refractivity contribution in [3.63, 3.8) is 0 Å². The first-order chi connectivity index (χ1) is 5.68. The number of carbonyl (C=O) groups excluding carboxylic acids is 2. The lowest BCUT2D eigenvalue weighted by molar-refractivity contribution is -0.340. The zero-order valence-corrected chi connectivity index (χ0v) is 6.42. The minimum absolute atomic E-state index is 0.441. The van der Waals surface area contributed by atoms with E-state index in [1.165, 1.54) is 0 Å². The Bertz CT molecular complexity index is 208. The van der Waals surface area contributed by atoms with Gasteiger partial charge in [0.25, 0.3) is 0 Å². The van der Waals surface area contributed by atoms with Crippen LogP contribution in [0.4, 0.5) is 13.2 Å². The van der Waals surface area contributed by atoms with Crippen molar-refractivity contribution in [2.45, 2.75) is 13.1 Å². The summed E-state index contributed by atoms with van der Waals surface area (Å²) in [6.07, 6.45) is -4.90. The van der Waals surface area contributed by atoms with Crippen LogP contribution in [0.1, 0.15) is 6.92 Å². The smallest absolute Gasteiger partial charge is 0.392 e. The van der Waals surface area contributed by atoms with Gasteiger partial charge in [-0.15, -0.1) is 0 Å². The van der Waals surface area contributed by atoms with Gasteiger partial charge in [-0.2, -0.15) is 13.2 Å². The Morgan fingerprint density at radius 2 is 1.46 bits per heavy atom. The highest BCUT2D eigenvalue weighted by molar-refractivity contribution is 5.91. The van der Waals surface area contributed by atoms with Crippen LogP contribution in [0.3, 0.4) is 0 Å². The second-order valence-electron chi connectivity index (χ2n) is 2.45. The summed E-state index contributed by atoms with van der Waals surface area (Å²) < 4.78 is 35.5. The van der Waals surface area contributed by atoms with Crippen molar-refractivity contribution in [1.82, 2.24) is 0 Å². The third-order valence-corrected chi connectivity index (χ3v) is 1.52. The second kappa shape index (κ2) is 3.63. The maximum Gasteiger partial charge on any atom is 0.392 e. The summed E-state index contributed by atoms with van der Waals surface area (Å²) in [6, 6.07) is 0. The summed E-state index contributed by atoms with van der Waals surface area (Å²) >= 11 is 0. The first-order valence-corrected chi connectivity index (χ1v) is 3.16. The van der Waals surface area contributed by atoms with Gasteiger partial charge in [-0.3, -0.25) is 0 Å². The van der Waals surface area contributed by atoms with Gasteiger partial charge >= 0.3 is 6.18 Å². The maximum atomic E-state index is 11.8. The molecule has 0 radical (unpaired) electrons. The minimum Gasteiger partial charge on any atom is -0.549 e. The molecule has 76 valence electrons. The Morgan fingerprint density at radius 3 is 1.54 bits per heavy atom. The number of rotatable bonds is 3. The Kier molecular flexibility index (Phi) is 3.27. The molecule has 0 aromatic carbocycles. The molecule has 0 saturated carbocycles. The van der Waals surface area contributed by atoms with Crippen molar-refractivity contribution in [3.05, 3.63) is 0 Å². The van der Waals surface area contributed by atoms with E-state index in [1.54, 1.807) is 0 Å². The number of alkyl halides is 3. The monoisotopic (exact) mass is 198 g/mol. The van der Waals surface area contributed by atoms with Crippen LogP contribution >= 0.6 is 0 Å². The Labute approximate surface area is 71.0 Å². The van der Waals surface area contributed by atoms with Gasteiger partial charge in [0.2, 0.25) is 0 Å². The van der Waals surface area contributed by atoms with Crippen LogP contribution in [0.25, 0.3) is 0 Å². The van der Waals surface area contributed by atoms with Gasteiger partial charge in [0.1, 0.15) is 0 Å². The summed E-state index contributed by atoms with van der Waals surface area (Å²) in [5.41, 5.74) is 0.